The zero-order valence-electron chi connectivity index (χ0n) is 13.7. The largest absolute Gasteiger partial charge is 0.380 e. The van der Waals surface area contributed by atoms with Crippen molar-refractivity contribution in [3.63, 3.8) is 0 Å². The molecule has 1 saturated heterocycles. The topological polar surface area (TPSA) is 58.8 Å². The number of halogens is 1. The lowest BCUT2D eigenvalue weighted by molar-refractivity contribution is -0.136. The number of nitrogens with two attached hydrogens (primary N) is 1. The SMILES string of the molecule is CCCC(N)C(=O)N1CCN(CCOCC)C(CC)C1.Cl. The van der Waals surface area contributed by atoms with Crippen LogP contribution < -0.4 is 5.73 Å². The highest BCUT2D eigenvalue weighted by Gasteiger charge is 2.30. The molecule has 1 amide bonds. The van der Waals surface area contributed by atoms with E-state index in [1.807, 2.05) is 11.8 Å². The van der Waals surface area contributed by atoms with Gasteiger partial charge in [-0.05, 0) is 19.8 Å². The number of nitrogens with zero attached hydrogens (tertiary/aromatic N) is 2. The van der Waals surface area contributed by atoms with Gasteiger partial charge in [0, 0.05) is 38.8 Å². The summed E-state index contributed by atoms with van der Waals surface area (Å²) in [5, 5.41) is 0. The van der Waals surface area contributed by atoms with Gasteiger partial charge in [-0.15, -0.1) is 12.4 Å². The second kappa shape index (κ2) is 11.2. The molecule has 5 nitrogen and oxygen atoms in total. The lowest BCUT2D eigenvalue weighted by Crippen LogP contribution is -2.57. The van der Waals surface area contributed by atoms with Crippen molar-refractivity contribution in [2.24, 2.45) is 5.73 Å². The first-order valence-electron chi connectivity index (χ1n) is 8.00. The van der Waals surface area contributed by atoms with E-state index >= 15 is 0 Å². The highest BCUT2D eigenvalue weighted by molar-refractivity contribution is 5.85. The van der Waals surface area contributed by atoms with Crippen molar-refractivity contribution in [2.75, 3.05) is 39.4 Å². The van der Waals surface area contributed by atoms with Crippen molar-refractivity contribution in [1.82, 2.24) is 9.80 Å². The van der Waals surface area contributed by atoms with Gasteiger partial charge < -0.3 is 15.4 Å². The second-order valence-electron chi connectivity index (χ2n) is 5.47. The van der Waals surface area contributed by atoms with E-state index < -0.39 is 0 Å². The lowest BCUT2D eigenvalue weighted by Gasteiger charge is -2.41. The molecule has 0 spiro atoms. The molecule has 1 heterocycles. The minimum absolute atomic E-state index is 0. The molecule has 0 radical (unpaired) electrons. The molecule has 6 heteroatoms. The summed E-state index contributed by atoms with van der Waals surface area (Å²) in [7, 11) is 0. The molecule has 0 aromatic rings. The van der Waals surface area contributed by atoms with E-state index in [2.05, 4.69) is 18.7 Å². The van der Waals surface area contributed by atoms with Gasteiger partial charge in [0.25, 0.3) is 0 Å². The molecular weight excluding hydrogens is 290 g/mol. The fourth-order valence-electron chi connectivity index (χ4n) is 2.77. The average molecular weight is 322 g/mol. The number of rotatable bonds is 8. The molecule has 21 heavy (non-hydrogen) atoms. The van der Waals surface area contributed by atoms with Crippen LogP contribution in [0.3, 0.4) is 0 Å². The van der Waals surface area contributed by atoms with Gasteiger partial charge in [-0.2, -0.15) is 0 Å². The smallest absolute Gasteiger partial charge is 0.239 e. The molecule has 0 aliphatic carbocycles. The van der Waals surface area contributed by atoms with Gasteiger partial charge in [0.1, 0.15) is 0 Å². The second-order valence-corrected chi connectivity index (χ2v) is 5.47. The zero-order valence-corrected chi connectivity index (χ0v) is 14.5. The molecule has 2 unspecified atom stereocenters. The molecule has 0 bridgehead atoms. The van der Waals surface area contributed by atoms with Crippen LogP contribution >= 0.6 is 12.4 Å². The summed E-state index contributed by atoms with van der Waals surface area (Å²) >= 11 is 0. The molecule has 0 saturated carbocycles. The number of ether oxygens (including phenoxy) is 1. The Morgan fingerprint density at radius 1 is 1.33 bits per heavy atom. The molecule has 2 N–H and O–H groups in total. The Bertz CT molecular complexity index is 292. The number of carbonyl (C=O) groups excluding carboxylic acids is 1. The predicted octanol–water partition coefficient (Wildman–Crippen LogP) is 1.49. The number of amides is 1. The Balaban J connectivity index is 0.00000400. The number of hydrogen-bond acceptors (Lipinski definition) is 4. The van der Waals surface area contributed by atoms with Gasteiger partial charge in [-0.1, -0.05) is 20.3 Å². The summed E-state index contributed by atoms with van der Waals surface area (Å²) in [6.07, 6.45) is 2.79. The monoisotopic (exact) mass is 321 g/mol. The number of piperazine rings is 1. The molecule has 0 aromatic heterocycles. The third-order valence-electron chi connectivity index (χ3n) is 4.03. The van der Waals surface area contributed by atoms with E-state index in [-0.39, 0.29) is 24.4 Å². The first-order chi connectivity index (χ1) is 9.63. The predicted molar refractivity (Wildman–Crippen MR) is 88.9 cm³/mol. The summed E-state index contributed by atoms with van der Waals surface area (Å²) in [5.41, 5.74) is 5.95. The lowest BCUT2D eigenvalue weighted by atomic mass is 10.1. The Kier molecular flexibility index (Phi) is 11.0. The molecule has 1 aliphatic rings. The summed E-state index contributed by atoms with van der Waals surface area (Å²) in [6, 6.07) is 0.106. The Labute approximate surface area is 135 Å². The van der Waals surface area contributed by atoms with Crippen LogP contribution in [-0.2, 0) is 9.53 Å². The van der Waals surface area contributed by atoms with Crippen LogP contribution in [0.15, 0.2) is 0 Å². The molecule has 1 aliphatic heterocycles. The Morgan fingerprint density at radius 2 is 2.05 bits per heavy atom. The maximum Gasteiger partial charge on any atom is 0.239 e. The first kappa shape index (κ1) is 20.6. The number of hydrogen-bond donors (Lipinski definition) is 1. The van der Waals surface area contributed by atoms with E-state index in [1.54, 1.807) is 0 Å². The van der Waals surface area contributed by atoms with Crippen LogP contribution in [0.4, 0.5) is 0 Å². The highest BCUT2D eigenvalue weighted by atomic mass is 35.5. The molecular formula is C15H32ClN3O2. The van der Waals surface area contributed by atoms with E-state index in [0.717, 1.165) is 58.7 Å². The third kappa shape index (κ3) is 6.51. The minimum Gasteiger partial charge on any atom is -0.380 e. The van der Waals surface area contributed by atoms with Crippen LogP contribution in [0.1, 0.15) is 40.0 Å². The molecule has 126 valence electrons. The van der Waals surface area contributed by atoms with Crippen molar-refractivity contribution in [3.05, 3.63) is 0 Å². The van der Waals surface area contributed by atoms with E-state index in [1.165, 1.54) is 0 Å². The third-order valence-corrected chi connectivity index (χ3v) is 4.03. The quantitative estimate of drug-likeness (QED) is 0.688. The fourth-order valence-corrected chi connectivity index (χ4v) is 2.77. The van der Waals surface area contributed by atoms with Crippen molar-refractivity contribution in [1.29, 1.82) is 0 Å². The molecule has 2 atom stereocenters. The van der Waals surface area contributed by atoms with Gasteiger partial charge in [0.05, 0.1) is 12.6 Å². The van der Waals surface area contributed by atoms with Gasteiger partial charge in [-0.25, -0.2) is 0 Å². The van der Waals surface area contributed by atoms with Crippen molar-refractivity contribution in [3.8, 4) is 0 Å². The standard InChI is InChI=1S/C15H31N3O2.ClH/c1-4-7-14(16)15(19)18-9-8-17(10-11-20-6-3)13(5-2)12-18;/h13-14H,4-12,16H2,1-3H3;1H. The Morgan fingerprint density at radius 3 is 2.62 bits per heavy atom. The summed E-state index contributed by atoms with van der Waals surface area (Å²) in [5.74, 6) is 0.120. The molecule has 1 fully saturated rings. The normalized spacial score (nSPS) is 21.0. The van der Waals surface area contributed by atoms with Crippen LogP contribution in [-0.4, -0.2) is 67.2 Å². The van der Waals surface area contributed by atoms with Crippen molar-refractivity contribution < 1.29 is 9.53 Å². The zero-order chi connectivity index (χ0) is 15.0. The maximum atomic E-state index is 12.3. The van der Waals surface area contributed by atoms with Gasteiger partial charge in [0.2, 0.25) is 5.91 Å². The first-order valence-corrected chi connectivity index (χ1v) is 8.00. The van der Waals surface area contributed by atoms with Crippen LogP contribution in [0, 0.1) is 0 Å². The van der Waals surface area contributed by atoms with Gasteiger partial charge >= 0.3 is 0 Å². The fraction of sp³-hybridized carbons (Fsp3) is 0.933. The van der Waals surface area contributed by atoms with E-state index in [9.17, 15) is 4.79 Å². The van der Waals surface area contributed by atoms with E-state index in [4.69, 9.17) is 10.5 Å². The Hall–Kier alpha value is -0.360. The molecule has 0 aromatic carbocycles. The number of carbonyl (C=O) groups is 1. The highest BCUT2D eigenvalue weighted by Crippen LogP contribution is 2.14. The minimum atomic E-state index is -0.326. The van der Waals surface area contributed by atoms with Crippen molar-refractivity contribution in [2.45, 2.75) is 52.1 Å². The van der Waals surface area contributed by atoms with Gasteiger partial charge in [-0.3, -0.25) is 9.69 Å². The van der Waals surface area contributed by atoms with Crippen LogP contribution in [0.5, 0.6) is 0 Å². The maximum absolute atomic E-state index is 12.3. The summed E-state index contributed by atoms with van der Waals surface area (Å²) in [6.45, 7) is 11.3. The van der Waals surface area contributed by atoms with Crippen molar-refractivity contribution >= 4 is 18.3 Å². The van der Waals surface area contributed by atoms with Gasteiger partial charge in [0.15, 0.2) is 0 Å². The van der Waals surface area contributed by atoms with Crippen LogP contribution in [0.25, 0.3) is 0 Å². The summed E-state index contributed by atoms with van der Waals surface area (Å²) in [4.78, 5) is 16.7. The van der Waals surface area contributed by atoms with E-state index in [0.29, 0.717) is 6.04 Å². The summed E-state index contributed by atoms with van der Waals surface area (Å²) < 4.78 is 5.43. The average Bonchev–Trinajstić information content (AvgIpc) is 2.47. The van der Waals surface area contributed by atoms with Crippen LogP contribution in [0.2, 0.25) is 0 Å². The molecule has 1 rings (SSSR count).